The molecule has 6 nitrogen and oxygen atoms in total. The molecule has 0 bridgehead atoms. The molecule has 0 unspecified atom stereocenters. The lowest BCUT2D eigenvalue weighted by atomic mass is 10.4. The van der Waals surface area contributed by atoms with Gasteiger partial charge in [-0.3, -0.25) is 4.68 Å². The summed E-state index contributed by atoms with van der Waals surface area (Å²) in [6.45, 7) is -2.04. The highest BCUT2D eigenvalue weighted by Gasteiger charge is 2.11. The molecule has 9 heteroatoms. The van der Waals surface area contributed by atoms with Gasteiger partial charge in [0.1, 0.15) is 5.82 Å². The van der Waals surface area contributed by atoms with Gasteiger partial charge in [-0.25, -0.2) is 4.68 Å². The van der Waals surface area contributed by atoms with E-state index in [0.29, 0.717) is 22.7 Å². The zero-order valence-electron chi connectivity index (χ0n) is 9.91. The number of aliphatic hydroxyl groups excluding tert-OH is 1. The van der Waals surface area contributed by atoms with Gasteiger partial charge in [0.2, 0.25) is 0 Å². The number of aliphatic hydroxyl groups is 1. The third-order valence-corrected chi connectivity index (χ3v) is 2.36. The van der Waals surface area contributed by atoms with Crippen LogP contribution in [-0.4, -0.2) is 31.3 Å². The SMILES string of the molecule is Cl.OCCn1ccc(NCc2ccnn2C(F)F)n1. The summed E-state index contributed by atoms with van der Waals surface area (Å²) in [5.74, 6) is 0.561. The number of alkyl halides is 2. The molecule has 0 radical (unpaired) electrons. The van der Waals surface area contributed by atoms with Gasteiger partial charge in [-0.2, -0.15) is 19.0 Å². The van der Waals surface area contributed by atoms with Gasteiger partial charge in [0.05, 0.1) is 25.4 Å². The predicted octanol–water partition coefficient (Wildman–Crippen LogP) is 1.50. The quantitative estimate of drug-likeness (QED) is 0.847. The molecular weight excluding hydrogens is 280 g/mol. The summed E-state index contributed by atoms with van der Waals surface area (Å²) in [6.07, 6.45) is 3.02. The Labute approximate surface area is 114 Å². The lowest BCUT2D eigenvalue weighted by Gasteiger charge is -2.06. The summed E-state index contributed by atoms with van der Waals surface area (Å²) in [5.41, 5.74) is 0.377. The standard InChI is InChI=1S/C10H13F2N5O.ClH/c11-10(12)17-8(1-3-14-17)7-13-9-2-4-16(15-9)5-6-18;/h1-4,10,18H,5-7H2,(H,13,15);1H. The molecule has 2 aromatic rings. The van der Waals surface area contributed by atoms with Gasteiger partial charge in [-0.05, 0) is 6.07 Å². The number of aromatic nitrogens is 4. The van der Waals surface area contributed by atoms with Crippen LogP contribution in [0.4, 0.5) is 14.6 Å². The van der Waals surface area contributed by atoms with Crippen molar-refractivity contribution in [2.75, 3.05) is 11.9 Å². The van der Waals surface area contributed by atoms with Crippen molar-refractivity contribution >= 4 is 18.2 Å². The topological polar surface area (TPSA) is 67.9 Å². The molecule has 2 rings (SSSR count). The zero-order valence-corrected chi connectivity index (χ0v) is 10.7. The highest BCUT2D eigenvalue weighted by atomic mass is 35.5. The number of nitrogens with zero attached hydrogens (tertiary/aromatic N) is 4. The van der Waals surface area contributed by atoms with Crippen molar-refractivity contribution in [2.45, 2.75) is 19.6 Å². The molecule has 106 valence electrons. The lowest BCUT2D eigenvalue weighted by molar-refractivity contribution is 0.0537. The Balaban J connectivity index is 0.00000180. The highest BCUT2D eigenvalue weighted by molar-refractivity contribution is 5.85. The average molecular weight is 294 g/mol. The largest absolute Gasteiger partial charge is 0.394 e. The zero-order chi connectivity index (χ0) is 13.0. The Hall–Kier alpha value is -1.67. The number of hydrogen-bond acceptors (Lipinski definition) is 4. The van der Waals surface area contributed by atoms with Crippen LogP contribution in [0.25, 0.3) is 0 Å². The van der Waals surface area contributed by atoms with Gasteiger partial charge in [0.15, 0.2) is 0 Å². The van der Waals surface area contributed by atoms with Gasteiger partial charge < -0.3 is 10.4 Å². The molecule has 2 N–H and O–H groups in total. The van der Waals surface area contributed by atoms with Crippen LogP contribution in [0.2, 0.25) is 0 Å². The fourth-order valence-electron chi connectivity index (χ4n) is 1.52. The minimum Gasteiger partial charge on any atom is -0.394 e. The third-order valence-electron chi connectivity index (χ3n) is 2.36. The summed E-state index contributed by atoms with van der Waals surface area (Å²) >= 11 is 0. The van der Waals surface area contributed by atoms with Crippen LogP contribution in [0, 0.1) is 0 Å². The van der Waals surface area contributed by atoms with Crippen LogP contribution < -0.4 is 5.32 Å². The second kappa shape index (κ2) is 7.05. The van der Waals surface area contributed by atoms with E-state index in [1.165, 1.54) is 12.3 Å². The second-order valence-electron chi connectivity index (χ2n) is 3.59. The van der Waals surface area contributed by atoms with E-state index in [-0.39, 0.29) is 25.6 Å². The van der Waals surface area contributed by atoms with Crippen molar-refractivity contribution in [1.82, 2.24) is 19.6 Å². The highest BCUT2D eigenvalue weighted by Crippen LogP contribution is 2.13. The molecule has 0 aliphatic carbocycles. The molecule has 2 heterocycles. The molecule has 0 atom stereocenters. The summed E-state index contributed by atoms with van der Waals surface area (Å²) in [5, 5.41) is 19.3. The number of hydrogen-bond donors (Lipinski definition) is 2. The van der Waals surface area contributed by atoms with Crippen molar-refractivity contribution < 1.29 is 13.9 Å². The van der Waals surface area contributed by atoms with E-state index < -0.39 is 6.55 Å². The summed E-state index contributed by atoms with van der Waals surface area (Å²) < 4.78 is 27.2. The first-order valence-corrected chi connectivity index (χ1v) is 5.39. The van der Waals surface area contributed by atoms with Gasteiger partial charge in [0, 0.05) is 18.5 Å². The van der Waals surface area contributed by atoms with E-state index in [1.807, 2.05) is 0 Å². The van der Waals surface area contributed by atoms with Crippen LogP contribution in [0.1, 0.15) is 12.2 Å². The molecule has 0 spiro atoms. The molecule has 0 saturated heterocycles. The first-order chi connectivity index (χ1) is 8.70. The van der Waals surface area contributed by atoms with Crippen LogP contribution in [-0.2, 0) is 13.1 Å². The Kier molecular flexibility index (Phi) is 5.71. The molecule has 0 aromatic carbocycles. The third kappa shape index (κ3) is 3.90. The smallest absolute Gasteiger partial charge is 0.333 e. The van der Waals surface area contributed by atoms with Crippen molar-refractivity contribution in [1.29, 1.82) is 0 Å². The maximum absolute atomic E-state index is 12.5. The van der Waals surface area contributed by atoms with Crippen LogP contribution in [0.15, 0.2) is 24.5 Å². The Morgan fingerprint density at radius 2 is 2.16 bits per heavy atom. The summed E-state index contributed by atoms with van der Waals surface area (Å²) in [7, 11) is 0. The van der Waals surface area contributed by atoms with E-state index in [1.54, 1.807) is 16.9 Å². The van der Waals surface area contributed by atoms with E-state index >= 15 is 0 Å². The molecule has 0 saturated carbocycles. The van der Waals surface area contributed by atoms with Crippen LogP contribution in [0.5, 0.6) is 0 Å². The predicted molar refractivity (Wildman–Crippen MR) is 67.4 cm³/mol. The van der Waals surface area contributed by atoms with Crippen molar-refractivity contribution in [3.05, 3.63) is 30.2 Å². The molecule has 0 amide bonds. The lowest BCUT2D eigenvalue weighted by Crippen LogP contribution is -2.10. The van der Waals surface area contributed by atoms with Gasteiger partial charge in [0.25, 0.3) is 0 Å². The van der Waals surface area contributed by atoms with Crippen molar-refractivity contribution in [3.8, 4) is 0 Å². The minimum atomic E-state index is -2.65. The molecule has 0 aliphatic heterocycles. The number of rotatable bonds is 6. The molecule has 19 heavy (non-hydrogen) atoms. The number of halogens is 3. The fourth-order valence-corrected chi connectivity index (χ4v) is 1.52. The van der Waals surface area contributed by atoms with Crippen LogP contribution >= 0.6 is 12.4 Å². The van der Waals surface area contributed by atoms with Crippen molar-refractivity contribution in [2.24, 2.45) is 0 Å². The van der Waals surface area contributed by atoms with Crippen molar-refractivity contribution in [3.63, 3.8) is 0 Å². The maximum atomic E-state index is 12.5. The maximum Gasteiger partial charge on any atom is 0.333 e. The normalized spacial score (nSPS) is 10.5. The minimum absolute atomic E-state index is 0. The molecule has 0 aliphatic rings. The number of anilines is 1. The summed E-state index contributed by atoms with van der Waals surface area (Å²) in [4.78, 5) is 0. The van der Waals surface area contributed by atoms with Gasteiger partial charge >= 0.3 is 6.55 Å². The first-order valence-electron chi connectivity index (χ1n) is 5.39. The summed E-state index contributed by atoms with van der Waals surface area (Å²) in [6, 6.07) is 3.22. The molecule has 0 fully saturated rings. The molecular formula is C10H14ClF2N5O. The average Bonchev–Trinajstić information content (AvgIpc) is 2.95. The van der Waals surface area contributed by atoms with Gasteiger partial charge in [-0.15, -0.1) is 12.4 Å². The monoisotopic (exact) mass is 293 g/mol. The van der Waals surface area contributed by atoms with Crippen LogP contribution in [0.3, 0.4) is 0 Å². The fraction of sp³-hybridized carbons (Fsp3) is 0.400. The Morgan fingerprint density at radius 1 is 1.37 bits per heavy atom. The van der Waals surface area contributed by atoms with Gasteiger partial charge in [-0.1, -0.05) is 0 Å². The molecule has 2 aromatic heterocycles. The first kappa shape index (κ1) is 15.4. The second-order valence-corrected chi connectivity index (χ2v) is 3.59. The Bertz CT molecular complexity index is 502. The number of nitrogens with one attached hydrogen (secondary N) is 1. The van der Waals surface area contributed by atoms with E-state index in [4.69, 9.17) is 5.11 Å². The van der Waals surface area contributed by atoms with E-state index in [0.717, 1.165) is 0 Å². The van der Waals surface area contributed by atoms with E-state index in [9.17, 15) is 8.78 Å². The van der Waals surface area contributed by atoms with E-state index in [2.05, 4.69) is 15.5 Å². The Morgan fingerprint density at radius 3 is 2.84 bits per heavy atom.